The molecule has 0 aliphatic carbocycles. The third-order valence-corrected chi connectivity index (χ3v) is 1.58. The smallest absolute Gasteiger partial charge is 0.362 e. The largest absolute Gasteiger partial charge is 0.507 e. The van der Waals surface area contributed by atoms with Crippen molar-refractivity contribution in [1.29, 1.82) is 0 Å². The standard InChI is InChI=1S/C7H8N2O5/c1-13-6(11)3-5(10)4(9-8-3)7(12)14-2/h3,10H,1-2H3. The third-order valence-electron chi connectivity index (χ3n) is 1.58. The van der Waals surface area contributed by atoms with Crippen LogP contribution in [-0.4, -0.2) is 37.3 Å². The summed E-state index contributed by atoms with van der Waals surface area (Å²) in [5, 5.41) is 16.0. The summed E-state index contributed by atoms with van der Waals surface area (Å²) in [6.45, 7) is 0. The summed E-state index contributed by atoms with van der Waals surface area (Å²) in [4.78, 5) is 21.9. The molecule has 1 aliphatic heterocycles. The fourth-order valence-electron chi connectivity index (χ4n) is 0.863. The molecule has 0 radical (unpaired) electrons. The molecule has 76 valence electrons. The van der Waals surface area contributed by atoms with Crippen molar-refractivity contribution in [3.8, 4) is 0 Å². The van der Waals surface area contributed by atoms with Gasteiger partial charge in [-0.15, -0.1) is 5.11 Å². The van der Waals surface area contributed by atoms with E-state index in [0.717, 1.165) is 14.2 Å². The van der Waals surface area contributed by atoms with Crippen LogP contribution in [0.15, 0.2) is 21.7 Å². The fraction of sp³-hybridized carbons (Fsp3) is 0.429. The molecule has 0 aromatic carbocycles. The van der Waals surface area contributed by atoms with Gasteiger partial charge in [0, 0.05) is 0 Å². The Bertz CT molecular complexity index is 333. The van der Waals surface area contributed by atoms with Crippen LogP contribution in [0.1, 0.15) is 0 Å². The molecule has 7 nitrogen and oxygen atoms in total. The second-order valence-corrected chi connectivity index (χ2v) is 2.37. The molecule has 0 fully saturated rings. The van der Waals surface area contributed by atoms with E-state index in [1.165, 1.54) is 0 Å². The lowest BCUT2D eigenvalue weighted by Crippen LogP contribution is -2.21. The Kier molecular flexibility index (Phi) is 2.80. The molecular weight excluding hydrogens is 192 g/mol. The van der Waals surface area contributed by atoms with Crippen LogP contribution < -0.4 is 0 Å². The summed E-state index contributed by atoms with van der Waals surface area (Å²) in [5.41, 5.74) is -0.372. The molecule has 1 rings (SSSR count). The number of ether oxygens (including phenoxy) is 2. The molecule has 1 N–H and O–H groups in total. The zero-order chi connectivity index (χ0) is 10.7. The highest BCUT2D eigenvalue weighted by molar-refractivity contribution is 5.91. The number of aliphatic hydroxyl groups is 1. The van der Waals surface area contributed by atoms with Gasteiger partial charge in [0.1, 0.15) is 0 Å². The molecule has 1 atom stereocenters. The molecule has 1 unspecified atom stereocenters. The number of carbonyl (C=O) groups is 2. The number of carbonyl (C=O) groups excluding carboxylic acids is 2. The van der Waals surface area contributed by atoms with Crippen LogP contribution in [0.3, 0.4) is 0 Å². The van der Waals surface area contributed by atoms with E-state index >= 15 is 0 Å². The zero-order valence-electron chi connectivity index (χ0n) is 7.55. The first-order valence-corrected chi connectivity index (χ1v) is 3.62. The predicted molar refractivity (Wildman–Crippen MR) is 42.3 cm³/mol. The monoisotopic (exact) mass is 200 g/mol. The third kappa shape index (κ3) is 1.56. The Morgan fingerprint density at radius 3 is 2.50 bits per heavy atom. The number of esters is 2. The van der Waals surface area contributed by atoms with E-state index in [1.54, 1.807) is 0 Å². The Labute approximate surface area is 79.0 Å². The second-order valence-electron chi connectivity index (χ2n) is 2.37. The molecular formula is C7H8N2O5. The summed E-state index contributed by atoms with van der Waals surface area (Å²) in [7, 11) is 2.27. The summed E-state index contributed by atoms with van der Waals surface area (Å²) in [5.74, 6) is -2.19. The van der Waals surface area contributed by atoms with Crippen LogP contribution >= 0.6 is 0 Å². The van der Waals surface area contributed by atoms with Crippen LogP contribution in [0.4, 0.5) is 0 Å². The van der Waals surface area contributed by atoms with Crippen LogP contribution in [0.5, 0.6) is 0 Å². The van der Waals surface area contributed by atoms with E-state index in [-0.39, 0.29) is 5.70 Å². The van der Waals surface area contributed by atoms with Crippen LogP contribution in [0, 0.1) is 0 Å². The molecule has 0 amide bonds. The Morgan fingerprint density at radius 1 is 1.36 bits per heavy atom. The number of nitrogens with zero attached hydrogens (tertiary/aromatic N) is 2. The zero-order valence-corrected chi connectivity index (χ0v) is 7.55. The molecule has 0 aromatic heterocycles. The molecule has 0 saturated carbocycles. The van der Waals surface area contributed by atoms with Gasteiger partial charge in [-0.05, 0) is 0 Å². The molecule has 0 aromatic rings. The van der Waals surface area contributed by atoms with Gasteiger partial charge in [0.05, 0.1) is 14.2 Å². The lowest BCUT2D eigenvalue weighted by atomic mass is 10.2. The van der Waals surface area contributed by atoms with Crippen molar-refractivity contribution in [3.05, 3.63) is 11.5 Å². The first-order valence-electron chi connectivity index (χ1n) is 3.62. The van der Waals surface area contributed by atoms with Gasteiger partial charge in [-0.1, -0.05) is 0 Å². The molecule has 14 heavy (non-hydrogen) atoms. The maximum Gasteiger partial charge on any atom is 0.362 e. The first-order chi connectivity index (χ1) is 6.61. The molecule has 0 bridgehead atoms. The number of azo groups is 1. The minimum Gasteiger partial charge on any atom is -0.507 e. The van der Waals surface area contributed by atoms with Crippen LogP contribution in [-0.2, 0) is 19.1 Å². The average molecular weight is 200 g/mol. The van der Waals surface area contributed by atoms with E-state index in [9.17, 15) is 14.7 Å². The number of aliphatic hydroxyl groups excluding tert-OH is 1. The highest BCUT2D eigenvalue weighted by Crippen LogP contribution is 2.21. The van der Waals surface area contributed by atoms with Crippen molar-refractivity contribution >= 4 is 11.9 Å². The second kappa shape index (κ2) is 3.86. The highest BCUT2D eigenvalue weighted by atomic mass is 16.5. The van der Waals surface area contributed by atoms with Gasteiger partial charge >= 0.3 is 11.9 Å². The van der Waals surface area contributed by atoms with E-state index in [0.29, 0.717) is 0 Å². The summed E-state index contributed by atoms with van der Waals surface area (Å²) >= 11 is 0. The molecule has 0 spiro atoms. The summed E-state index contributed by atoms with van der Waals surface area (Å²) in [6, 6.07) is -1.26. The van der Waals surface area contributed by atoms with E-state index in [4.69, 9.17) is 0 Å². The quantitative estimate of drug-likeness (QED) is 0.629. The maximum absolute atomic E-state index is 11.0. The van der Waals surface area contributed by atoms with E-state index < -0.39 is 23.7 Å². The van der Waals surface area contributed by atoms with Crippen molar-refractivity contribution < 1.29 is 24.2 Å². The topological polar surface area (TPSA) is 97.5 Å². The van der Waals surface area contributed by atoms with Gasteiger partial charge in [-0.2, -0.15) is 5.11 Å². The highest BCUT2D eigenvalue weighted by Gasteiger charge is 2.34. The van der Waals surface area contributed by atoms with Gasteiger partial charge in [0.15, 0.2) is 5.76 Å². The Morgan fingerprint density at radius 2 is 2.00 bits per heavy atom. The van der Waals surface area contributed by atoms with Gasteiger partial charge in [0.2, 0.25) is 11.7 Å². The normalized spacial score (nSPS) is 19.7. The SMILES string of the molecule is COC(=O)C1=C(O)C(C(=O)OC)N=N1. The number of methoxy groups -OCH3 is 2. The van der Waals surface area contributed by atoms with Crippen molar-refractivity contribution in [1.82, 2.24) is 0 Å². The molecule has 1 aliphatic rings. The van der Waals surface area contributed by atoms with Crippen molar-refractivity contribution in [2.45, 2.75) is 6.04 Å². The predicted octanol–water partition coefficient (Wildman–Crippen LogP) is -0.0636. The molecule has 1 heterocycles. The minimum absolute atomic E-state index is 0.372. The Hall–Kier alpha value is -1.92. The molecule has 0 saturated heterocycles. The van der Waals surface area contributed by atoms with Gasteiger partial charge in [-0.3, -0.25) is 0 Å². The maximum atomic E-state index is 11.0. The first kappa shape index (κ1) is 10.2. The van der Waals surface area contributed by atoms with E-state index in [1.807, 2.05) is 0 Å². The van der Waals surface area contributed by atoms with Crippen LogP contribution in [0.25, 0.3) is 0 Å². The number of rotatable bonds is 2. The van der Waals surface area contributed by atoms with Crippen molar-refractivity contribution in [3.63, 3.8) is 0 Å². The average Bonchev–Trinajstić information content (AvgIpc) is 2.58. The number of hydrogen-bond acceptors (Lipinski definition) is 7. The fourth-order valence-corrected chi connectivity index (χ4v) is 0.863. The number of hydrogen-bond donors (Lipinski definition) is 1. The van der Waals surface area contributed by atoms with Gasteiger partial charge in [-0.25, -0.2) is 9.59 Å². The van der Waals surface area contributed by atoms with Crippen molar-refractivity contribution in [2.24, 2.45) is 10.2 Å². The summed E-state index contributed by atoms with van der Waals surface area (Å²) < 4.78 is 8.63. The molecule has 7 heteroatoms. The Balaban J connectivity index is 2.91. The van der Waals surface area contributed by atoms with E-state index in [2.05, 4.69) is 19.7 Å². The van der Waals surface area contributed by atoms with Crippen LogP contribution in [0.2, 0.25) is 0 Å². The lowest BCUT2D eigenvalue weighted by Gasteiger charge is -2.02. The van der Waals surface area contributed by atoms with Gasteiger partial charge < -0.3 is 14.6 Å². The minimum atomic E-state index is -1.26. The van der Waals surface area contributed by atoms with Gasteiger partial charge in [0.25, 0.3) is 0 Å². The van der Waals surface area contributed by atoms with Crippen molar-refractivity contribution in [2.75, 3.05) is 14.2 Å². The summed E-state index contributed by atoms with van der Waals surface area (Å²) in [6.07, 6.45) is 0. The lowest BCUT2D eigenvalue weighted by molar-refractivity contribution is -0.141.